The molecule has 0 spiro atoms. The van der Waals surface area contributed by atoms with Crippen LogP contribution in [-0.2, 0) is 21.2 Å². The number of amides is 1. The highest BCUT2D eigenvalue weighted by Gasteiger charge is 2.31. The zero-order chi connectivity index (χ0) is 23.7. The highest BCUT2D eigenvalue weighted by Crippen LogP contribution is 2.24. The van der Waals surface area contributed by atoms with Crippen LogP contribution in [0.15, 0.2) is 52.2 Å². The highest BCUT2D eigenvalue weighted by molar-refractivity contribution is 7.91. The lowest BCUT2D eigenvalue weighted by molar-refractivity contribution is -0.274. The second-order valence-corrected chi connectivity index (χ2v) is 8.87. The number of ether oxygens (including phenoxy) is 1. The van der Waals surface area contributed by atoms with Crippen molar-refractivity contribution in [2.75, 3.05) is 6.26 Å². The zero-order valence-electron chi connectivity index (χ0n) is 16.8. The summed E-state index contributed by atoms with van der Waals surface area (Å²) in [7, 11) is -3.64. The van der Waals surface area contributed by atoms with Crippen LogP contribution in [0.2, 0.25) is 0 Å². The van der Waals surface area contributed by atoms with Crippen LogP contribution in [0, 0.1) is 0 Å². The summed E-state index contributed by atoms with van der Waals surface area (Å²) in [6, 6.07) is 8.43. The van der Waals surface area contributed by atoms with Gasteiger partial charge in [-0.15, -0.1) is 18.3 Å². The van der Waals surface area contributed by atoms with Crippen molar-refractivity contribution in [2.45, 2.75) is 30.8 Å². The van der Waals surface area contributed by atoms with Crippen molar-refractivity contribution in [3.05, 3.63) is 58.4 Å². The van der Waals surface area contributed by atoms with E-state index in [0.29, 0.717) is 5.56 Å². The molecule has 0 bridgehead atoms. The summed E-state index contributed by atoms with van der Waals surface area (Å²) in [5, 5.41) is 10.0. The number of hydrogen-bond donors (Lipinski definition) is 1. The zero-order valence-corrected chi connectivity index (χ0v) is 17.6. The van der Waals surface area contributed by atoms with Gasteiger partial charge in [-0.05, 0) is 36.8 Å². The molecule has 0 unspecified atom stereocenters. The Morgan fingerprint density at radius 1 is 1.19 bits per heavy atom. The molecule has 1 atom stereocenters. The van der Waals surface area contributed by atoms with Crippen LogP contribution in [0.1, 0.15) is 18.5 Å². The molecule has 32 heavy (non-hydrogen) atoms. The van der Waals surface area contributed by atoms with Gasteiger partial charge in [-0.1, -0.05) is 23.4 Å². The summed E-state index contributed by atoms with van der Waals surface area (Å²) in [5.74, 6) is -1.01. The average molecular weight is 470 g/mol. The SMILES string of the molecule is C[C@H](NC(=O)Cn1nnc2c(S(C)(=O)=O)cccc2c1=O)c1ccc(OC(F)(F)F)cc1. The average Bonchev–Trinajstić information content (AvgIpc) is 2.68. The first kappa shape index (κ1) is 23.2. The van der Waals surface area contributed by atoms with Gasteiger partial charge in [-0.25, -0.2) is 13.1 Å². The topological polar surface area (TPSA) is 120 Å². The number of rotatable bonds is 6. The Morgan fingerprint density at radius 2 is 1.84 bits per heavy atom. The number of fused-ring (bicyclic) bond motifs is 1. The van der Waals surface area contributed by atoms with Gasteiger partial charge in [0.2, 0.25) is 5.91 Å². The maximum absolute atomic E-state index is 12.6. The number of nitrogens with zero attached hydrogens (tertiary/aromatic N) is 3. The van der Waals surface area contributed by atoms with Gasteiger partial charge in [0.05, 0.1) is 16.3 Å². The van der Waals surface area contributed by atoms with Gasteiger partial charge in [-0.2, -0.15) is 0 Å². The predicted octanol–water partition coefficient (Wildman–Crippen LogP) is 1.97. The molecule has 1 amide bonds. The van der Waals surface area contributed by atoms with Gasteiger partial charge < -0.3 is 10.1 Å². The van der Waals surface area contributed by atoms with Crippen LogP contribution < -0.4 is 15.6 Å². The highest BCUT2D eigenvalue weighted by atomic mass is 32.2. The first-order valence-electron chi connectivity index (χ1n) is 9.07. The molecule has 1 N–H and O–H groups in total. The molecule has 2 aromatic carbocycles. The Kier molecular flexibility index (Phi) is 6.21. The molecular weight excluding hydrogens is 453 g/mol. The Hall–Kier alpha value is -3.48. The van der Waals surface area contributed by atoms with Crippen molar-refractivity contribution < 1.29 is 31.1 Å². The maximum Gasteiger partial charge on any atom is 0.573 e. The monoisotopic (exact) mass is 470 g/mol. The van der Waals surface area contributed by atoms with Crippen molar-refractivity contribution in [3.63, 3.8) is 0 Å². The molecule has 1 aromatic heterocycles. The fourth-order valence-corrected chi connectivity index (χ4v) is 3.77. The number of aromatic nitrogens is 3. The van der Waals surface area contributed by atoms with Crippen LogP contribution in [0.25, 0.3) is 10.9 Å². The van der Waals surface area contributed by atoms with E-state index in [0.717, 1.165) is 23.1 Å². The lowest BCUT2D eigenvalue weighted by Crippen LogP contribution is -2.35. The minimum Gasteiger partial charge on any atom is -0.406 e. The number of nitrogens with one attached hydrogen (secondary N) is 1. The third-order valence-electron chi connectivity index (χ3n) is 4.40. The van der Waals surface area contributed by atoms with E-state index in [1.165, 1.54) is 30.3 Å². The van der Waals surface area contributed by atoms with Crippen molar-refractivity contribution in [1.29, 1.82) is 0 Å². The van der Waals surface area contributed by atoms with E-state index >= 15 is 0 Å². The van der Waals surface area contributed by atoms with E-state index < -0.39 is 46.0 Å². The normalized spacial score (nSPS) is 13.0. The number of sulfone groups is 1. The number of carbonyl (C=O) groups excluding carboxylic acids is 1. The number of halogens is 3. The van der Waals surface area contributed by atoms with E-state index in [1.807, 2.05) is 0 Å². The van der Waals surface area contributed by atoms with Crippen LogP contribution in [0.3, 0.4) is 0 Å². The molecule has 0 aliphatic rings. The molecule has 0 aliphatic carbocycles. The summed E-state index contributed by atoms with van der Waals surface area (Å²) >= 11 is 0. The van der Waals surface area contributed by atoms with Gasteiger partial charge in [0.25, 0.3) is 5.56 Å². The molecular formula is C19H17F3N4O5S. The van der Waals surface area contributed by atoms with Crippen LogP contribution in [-0.4, -0.2) is 41.9 Å². The minimum absolute atomic E-state index is 0.0102. The van der Waals surface area contributed by atoms with Gasteiger partial charge in [0, 0.05) is 6.26 Å². The lowest BCUT2D eigenvalue weighted by Gasteiger charge is -2.15. The van der Waals surface area contributed by atoms with Gasteiger partial charge >= 0.3 is 6.36 Å². The van der Waals surface area contributed by atoms with Crippen molar-refractivity contribution >= 4 is 26.6 Å². The smallest absolute Gasteiger partial charge is 0.406 e. The largest absolute Gasteiger partial charge is 0.573 e. The summed E-state index contributed by atoms with van der Waals surface area (Å²) in [6.07, 6.45) is -3.83. The van der Waals surface area contributed by atoms with Gasteiger partial charge in [-0.3, -0.25) is 9.59 Å². The fraction of sp³-hybridized carbons (Fsp3) is 0.263. The second-order valence-electron chi connectivity index (χ2n) is 6.88. The predicted molar refractivity (Wildman–Crippen MR) is 107 cm³/mol. The Morgan fingerprint density at radius 3 is 2.44 bits per heavy atom. The van der Waals surface area contributed by atoms with E-state index in [-0.39, 0.29) is 15.8 Å². The summed E-state index contributed by atoms with van der Waals surface area (Å²) in [6.45, 7) is 1.11. The molecule has 3 rings (SSSR count). The van der Waals surface area contributed by atoms with Crippen LogP contribution in [0.5, 0.6) is 5.75 Å². The first-order valence-corrected chi connectivity index (χ1v) is 11.0. The van der Waals surface area contributed by atoms with Crippen LogP contribution in [0.4, 0.5) is 13.2 Å². The molecule has 170 valence electrons. The van der Waals surface area contributed by atoms with Gasteiger partial charge in [0.1, 0.15) is 17.8 Å². The first-order chi connectivity index (χ1) is 14.8. The van der Waals surface area contributed by atoms with E-state index in [2.05, 4.69) is 20.4 Å². The molecule has 0 aliphatic heterocycles. The number of alkyl halides is 3. The molecule has 0 saturated heterocycles. The third-order valence-corrected chi connectivity index (χ3v) is 5.53. The Balaban J connectivity index is 1.75. The Bertz CT molecular complexity index is 1320. The summed E-state index contributed by atoms with van der Waals surface area (Å²) in [5.41, 5.74) is -0.286. The third kappa shape index (κ3) is 5.41. The fourth-order valence-electron chi connectivity index (χ4n) is 2.94. The lowest BCUT2D eigenvalue weighted by atomic mass is 10.1. The molecule has 0 saturated carbocycles. The van der Waals surface area contributed by atoms with Crippen molar-refractivity contribution in [2.24, 2.45) is 0 Å². The molecule has 1 heterocycles. The quantitative estimate of drug-likeness (QED) is 0.585. The second kappa shape index (κ2) is 8.57. The standard InChI is InChI=1S/C19H17F3N4O5S/c1-11(12-6-8-13(9-7-12)31-19(20,21)22)23-16(27)10-26-18(28)14-4-3-5-15(32(2,29)30)17(14)24-25-26/h3-9,11H,10H2,1-2H3,(H,23,27)/t11-/m0/s1. The van der Waals surface area contributed by atoms with Crippen molar-refractivity contribution in [1.82, 2.24) is 20.3 Å². The van der Waals surface area contributed by atoms with Gasteiger partial charge in [0.15, 0.2) is 9.84 Å². The summed E-state index contributed by atoms with van der Waals surface area (Å²) in [4.78, 5) is 24.8. The molecule has 9 nitrogen and oxygen atoms in total. The number of carbonyl (C=O) groups is 1. The van der Waals surface area contributed by atoms with E-state index in [1.54, 1.807) is 6.92 Å². The van der Waals surface area contributed by atoms with E-state index in [9.17, 15) is 31.2 Å². The molecule has 3 aromatic rings. The minimum atomic E-state index is -4.81. The Labute approximate surface area is 179 Å². The van der Waals surface area contributed by atoms with Crippen LogP contribution >= 0.6 is 0 Å². The number of benzene rings is 2. The van der Waals surface area contributed by atoms with Crippen molar-refractivity contribution in [3.8, 4) is 5.75 Å². The molecule has 13 heteroatoms. The molecule has 0 radical (unpaired) electrons. The number of hydrogen-bond acceptors (Lipinski definition) is 7. The maximum atomic E-state index is 12.6. The van der Waals surface area contributed by atoms with E-state index in [4.69, 9.17) is 0 Å². The molecule has 0 fully saturated rings. The summed E-state index contributed by atoms with van der Waals surface area (Å²) < 4.78 is 65.0.